The van der Waals surface area contributed by atoms with Crippen LogP contribution in [0.2, 0.25) is 0 Å². The zero-order chi connectivity index (χ0) is 13.6. The highest BCUT2D eigenvalue weighted by Gasteiger charge is 2.15. The number of carbonyl (C=O) groups is 1. The lowest BCUT2D eigenvalue weighted by atomic mass is 10.2. The molecule has 1 aromatic carbocycles. The first-order valence-electron chi connectivity index (χ1n) is 5.26. The van der Waals surface area contributed by atoms with E-state index in [0.29, 0.717) is 0 Å². The van der Waals surface area contributed by atoms with Crippen LogP contribution in [-0.4, -0.2) is 26.3 Å². The van der Waals surface area contributed by atoms with Gasteiger partial charge in [-0.15, -0.1) is 0 Å². The Bertz CT molecular complexity index is 489. The number of halogens is 1. The minimum absolute atomic E-state index is 0.132. The molecular weight excluding hydrogens is 278 g/mol. The zero-order valence-electron chi connectivity index (χ0n) is 9.80. The van der Waals surface area contributed by atoms with Gasteiger partial charge >= 0.3 is 6.09 Å². The van der Waals surface area contributed by atoms with Crippen molar-refractivity contribution in [3.05, 3.63) is 35.9 Å². The Morgan fingerprint density at radius 1 is 1.39 bits per heavy atom. The highest BCUT2D eigenvalue weighted by Crippen LogP contribution is 2.02. The molecule has 0 spiro atoms. The van der Waals surface area contributed by atoms with Gasteiger partial charge in [0.25, 0.3) is 0 Å². The van der Waals surface area contributed by atoms with Crippen molar-refractivity contribution in [2.75, 3.05) is 5.75 Å². The van der Waals surface area contributed by atoms with Crippen molar-refractivity contribution < 1.29 is 17.9 Å². The topological polar surface area (TPSA) is 72.5 Å². The molecule has 1 N–H and O–H groups in total. The number of alkyl carbamates (subject to hydrolysis) is 1. The summed E-state index contributed by atoms with van der Waals surface area (Å²) in [5.74, 6) is -0.338. The average molecular weight is 292 g/mol. The Labute approximate surface area is 111 Å². The molecule has 0 heterocycles. The molecule has 100 valence electrons. The molecule has 1 rings (SSSR count). The largest absolute Gasteiger partial charge is 0.445 e. The second-order valence-corrected chi connectivity index (χ2v) is 6.63. The predicted molar refractivity (Wildman–Crippen MR) is 68.9 cm³/mol. The Kier molecular flexibility index (Phi) is 5.43. The first-order valence-corrected chi connectivity index (χ1v) is 7.74. The number of rotatable bonds is 5. The van der Waals surface area contributed by atoms with E-state index in [1.54, 1.807) is 0 Å². The molecule has 0 bridgehead atoms. The van der Waals surface area contributed by atoms with Crippen molar-refractivity contribution >= 4 is 25.8 Å². The van der Waals surface area contributed by atoms with E-state index in [4.69, 9.17) is 15.4 Å². The highest BCUT2D eigenvalue weighted by molar-refractivity contribution is 8.13. The molecule has 0 radical (unpaired) electrons. The van der Waals surface area contributed by atoms with E-state index in [0.717, 1.165) is 5.56 Å². The summed E-state index contributed by atoms with van der Waals surface area (Å²) in [7, 11) is 1.43. The number of ether oxygens (including phenoxy) is 1. The molecule has 7 heteroatoms. The Balaban J connectivity index is 2.34. The normalized spacial score (nSPS) is 12.8. The van der Waals surface area contributed by atoms with Crippen LogP contribution in [0.5, 0.6) is 0 Å². The molecule has 0 aliphatic rings. The Morgan fingerprint density at radius 3 is 2.56 bits per heavy atom. The van der Waals surface area contributed by atoms with E-state index in [2.05, 4.69) is 5.32 Å². The quantitative estimate of drug-likeness (QED) is 0.841. The number of nitrogens with one attached hydrogen (secondary N) is 1. The first-order chi connectivity index (χ1) is 8.37. The number of amides is 1. The van der Waals surface area contributed by atoms with E-state index >= 15 is 0 Å². The molecule has 0 fully saturated rings. The molecule has 1 amide bonds. The SMILES string of the molecule is CC(CS(=O)(=O)Cl)NC(=O)OCc1ccccc1. The van der Waals surface area contributed by atoms with Gasteiger partial charge in [-0.05, 0) is 12.5 Å². The van der Waals surface area contributed by atoms with Crippen molar-refractivity contribution in [3.8, 4) is 0 Å². The van der Waals surface area contributed by atoms with Crippen molar-refractivity contribution in [1.29, 1.82) is 0 Å². The average Bonchev–Trinajstić information content (AvgIpc) is 2.25. The lowest BCUT2D eigenvalue weighted by Gasteiger charge is -2.12. The summed E-state index contributed by atoms with van der Waals surface area (Å²) >= 11 is 0. The summed E-state index contributed by atoms with van der Waals surface area (Å²) in [6.07, 6.45) is -0.674. The first kappa shape index (κ1) is 14.8. The van der Waals surface area contributed by atoms with Gasteiger partial charge < -0.3 is 10.1 Å². The molecule has 18 heavy (non-hydrogen) atoms. The summed E-state index contributed by atoms with van der Waals surface area (Å²) in [4.78, 5) is 11.3. The van der Waals surface area contributed by atoms with E-state index in [1.807, 2.05) is 30.3 Å². The van der Waals surface area contributed by atoms with Crippen LogP contribution in [0.3, 0.4) is 0 Å². The molecule has 0 saturated heterocycles. The smallest absolute Gasteiger partial charge is 0.407 e. The number of hydrogen-bond acceptors (Lipinski definition) is 4. The van der Waals surface area contributed by atoms with Gasteiger partial charge in [0.15, 0.2) is 0 Å². The maximum Gasteiger partial charge on any atom is 0.407 e. The molecule has 1 unspecified atom stereocenters. The van der Waals surface area contributed by atoms with Crippen LogP contribution in [0.4, 0.5) is 4.79 Å². The van der Waals surface area contributed by atoms with Gasteiger partial charge in [0.05, 0.1) is 5.75 Å². The highest BCUT2D eigenvalue weighted by atomic mass is 35.7. The van der Waals surface area contributed by atoms with Crippen molar-refractivity contribution in [1.82, 2.24) is 5.32 Å². The summed E-state index contributed by atoms with van der Waals surface area (Å²) in [6, 6.07) is 8.56. The third-order valence-electron chi connectivity index (χ3n) is 2.03. The van der Waals surface area contributed by atoms with Crippen LogP contribution in [0.1, 0.15) is 12.5 Å². The van der Waals surface area contributed by atoms with Crippen LogP contribution in [-0.2, 0) is 20.4 Å². The van der Waals surface area contributed by atoms with Gasteiger partial charge in [-0.1, -0.05) is 30.3 Å². The van der Waals surface area contributed by atoms with Crippen LogP contribution >= 0.6 is 10.7 Å². The molecule has 1 aromatic rings. The Hall–Kier alpha value is -1.27. The predicted octanol–water partition coefficient (Wildman–Crippen LogP) is 1.87. The fraction of sp³-hybridized carbons (Fsp3) is 0.364. The van der Waals surface area contributed by atoms with Crippen molar-refractivity contribution in [2.24, 2.45) is 0 Å². The summed E-state index contributed by atoms with van der Waals surface area (Å²) in [6.45, 7) is 1.66. The van der Waals surface area contributed by atoms with E-state index in [-0.39, 0.29) is 12.4 Å². The Morgan fingerprint density at radius 2 is 2.00 bits per heavy atom. The minimum atomic E-state index is -3.63. The van der Waals surface area contributed by atoms with Crippen molar-refractivity contribution in [2.45, 2.75) is 19.6 Å². The lowest BCUT2D eigenvalue weighted by molar-refractivity contribution is 0.137. The molecule has 5 nitrogen and oxygen atoms in total. The minimum Gasteiger partial charge on any atom is -0.445 e. The zero-order valence-corrected chi connectivity index (χ0v) is 11.4. The fourth-order valence-electron chi connectivity index (χ4n) is 1.31. The van der Waals surface area contributed by atoms with Gasteiger partial charge in [0.1, 0.15) is 6.61 Å². The second-order valence-electron chi connectivity index (χ2n) is 3.81. The number of carbonyl (C=O) groups excluding carboxylic acids is 1. The van der Waals surface area contributed by atoms with Crippen LogP contribution in [0.25, 0.3) is 0 Å². The number of benzene rings is 1. The standard InChI is InChI=1S/C11H14ClNO4S/c1-9(8-18(12,15)16)13-11(14)17-7-10-5-3-2-4-6-10/h2-6,9H,7-8H2,1H3,(H,13,14). The van der Waals surface area contributed by atoms with Crippen LogP contribution < -0.4 is 5.32 Å². The molecule has 1 atom stereocenters. The maximum atomic E-state index is 11.3. The van der Waals surface area contributed by atoms with E-state index < -0.39 is 21.2 Å². The van der Waals surface area contributed by atoms with Crippen LogP contribution in [0.15, 0.2) is 30.3 Å². The van der Waals surface area contributed by atoms with Gasteiger partial charge in [-0.25, -0.2) is 13.2 Å². The molecular formula is C11H14ClNO4S. The third kappa shape index (κ3) is 6.46. The summed E-state index contributed by atoms with van der Waals surface area (Å²) in [5, 5.41) is 2.38. The maximum absolute atomic E-state index is 11.3. The number of hydrogen-bond donors (Lipinski definition) is 1. The van der Waals surface area contributed by atoms with Gasteiger partial charge in [0.2, 0.25) is 9.05 Å². The van der Waals surface area contributed by atoms with Gasteiger partial charge in [-0.3, -0.25) is 0 Å². The molecule has 0 aliphatic carbocycles. The third-order valence-corrected chi connectivity index (χ3v) is 3.30. The van der Waals surface area contributed by atoms with E-state index in [9.17, 15) is 13.2 Å². The van der Waals surface area contributed by atoms with E-state index in [1.165, 1.54) is 6.92 Å². The molecule has 0 aromatic heterocycles. The van der Waals surface area contributed by atoms with Crippen LogP contribution in [0, 0.1) is 0 Å². The van der Waals surface area contributed by atoms with Gasteiger partial charge in [0, 0.05) is 16.7 Å². The fourth-order valence-corrected chi connectivity index (χ4v) is 2.55. The molecule has 0 saturated carbocycles. The monoisotopic (exact) mass is 291 g/mol. The van der Waals surface area contributed by atoms with Gasteiger partial charge in [-0.2, -0.15) is 0 Å². The molecule has 0 aliphatic heterocycles. The second kappa shape index (κ2) is 6.61. The summed E-state index contributed by atoms with van der Waals surface area (Å²) in [5.41, 5.74) is 0.852. The lowest BCUT2D eigenvalue weighted by Crippen LogP contribution is -2.36. The summed E-state index contributed by atoms with van der Waals surface area (Å²) < 4.78 is 26.5. The van der Waals surface area contributed by atoms with Crippen molar-refractivity contribution in [3.63, 3.8) is 0 Å².